The summed E-state index contributed by atoms with van der Waals surface area (Å²) < 4.78 is 1.72. The number of hydrogen-bond donors (Lipinski definition) is 3. The standard InChI is InChI=1S/C21H23Br2N3O2.C2H6S.C2H6.CH4/c1-11(27)26-6-4-12(5-7-26)18-16-9-17(24)21(28)19(23)15(16)3-2-13-8-14(22)10-25-20(13)18;1-3-2;1-2;/h8-10,20,25,28H,2-7,24H2,1H3;1-2H3;1-2H3;1H4. The number of dihydropyridines is 1. The van der Waals surface area contributed by atoms with Crippen LogP contribution in [0.2, 0.25) is 0 Å². The van der Waals surface area contributed by atoms with Crippen molar-refractivity contribution in [1.29, 1.82) is 0 Å². The zero-order valence-electron chi connectivity index (χ0n) is 20.1. The van der Waals surface area contributed by atoms with Gasteiger partial charge in [-0.3, -0.25) is 4.79 Å². The fourth-order valence-electron chi connectivity index (χ4n) is 4.42. The second kappa shape index (κ2) is 14.2. The number of phenols is 1. The maximum atomic E-state index is 11.8. The molecule has 8 heteroatoms. The van der Waals surface area contributed by atoms with Crippen molar-refractivity contribution >= 4 is 60.8 Å². The number of carbonyl (C=O) groups excluding carboxylic acids is 1. The Labute approximate surface area is 226 Å². The molecule has 2 aliphatic heterocycles. The summed E-state index contributed by atoms with van der Waals surface area (Å²) in [6.07, 6.45) is 11.7. The Morgan fingerprint density at radius 2 is 1.76 bits per heavy atom. The van der Waals surface area contributed by atoms with Gasteiger partial charge in [0.05, 0.1) is 16.2 Å². The van der Waals surface area contributed by atoms with Crippen LogP contribution < -0.4 is 11.1 Å². The predicted molar refractivity (Wildman–Crippen MR) is 156 cm³/mol. The molecule has 1 amide bonds. The zero-order valence-corrected chi connectivity index (χ0v) is 24.1. The number of rotatable bonds is 0. The molecule has 34 heavy (non-hydrogen) atoms. The first-order valence-corrected chi connectivity index (χ1v) is 14.5. The predicted octanol–water partition coefficient (Wildman–Crippen LogP) is 6.86. The van der Waals surface area contributed by atoms with E-state index in [9.17, 15) is 9.90 Å². The third kappa shape index (κ3) is 6.85. The van der Waals surface area contributed by atoms with Crippen molar-refractivity contribution in [3.63, 3.8) is 0 Å². The SMILES string of the molecule is C.CC.CC(=O)N1CCC(=C2c3cc(N)c(O)c(Br)c3CCC3=CC(Br)=CNC32)CC1.CSC. The van der Waals surface area contributed by atoms with Crippen LogP contribution in [0.5, 0.6) is 5.75 Å². The largest absolute Gasteiger partial charge is 0.505 e. The molecule has 1 saturated heterocycles. The lowest BCUT2D eigenvalue weighted by atomic mass is 9.84. The molecule has 4 rings (SSSR count). The highest BCUT2D eigenvalue weighted by Gasteiger charge is 2.32. The number of anilines is 1. The van der Waals surface area contributed by atoms with Crippen molar-refractivity contribution in [3.05, 3.63) is 49.6 Å². The van der Waals surface area contributed by atoms with E-state index in [1.54, 1.807) is 18.7 Å². The van der Waals surface area contributed by atoms with Gasteiger partial charge >= 0.3 is 0 Å². The number of piperidine rings is 1. The number of nitrogens with two attached hydrogens (primary N) is 1. The van der Waals surface area contributed by atoms with E-state index < -0.39 is 0 Å². The van der Waals surface area contributed by atoms with Crippen molar-refractivity contribution in [2.45, 2.75) is 59.9 Å². The summed E-state index contributed by atoms with van der Waals surface area (Å²) in [5.74, 6) is 0.242. The quantitative estimate of drug-likeness (QED) is 0.219. The molecule has 1 atom stereocenters. The highest BCUT2D eigenvalue weighted by molar-refractivity contribution is 9.12. The molecule has 0 spiro atoms. The van der Waals surface area contributed by atoms with Crippen molar-refractivity contribution in [3.8, 4) is 5.75 Å². The number of nitrogens with zero attached hydrogens (tertiary/aromatic N) is 1. The Kier molecular flexibility index (Phi) is 12.8. The second-order valence-corrected chi connectivity index (χ2v) is 10.5. The molecule has 0 bridgehead atoms. The molecule has 1 unspecified atom stereocenters. The number of hydrogen-bond acceptors (Lipinski definition) is 5. The van der Waals surface area contributed by atoms with Gasteiger partial charge in [0.1, 0.15) is 0 Å². The summed E-state index contributed by atoms with van der Waals surface area (Å²) in [5.41, 5.74) is 12.6. The molecule has 0 radical (unpaired) electrons. The van der Waals surface area contributed by atoms with Gasteiger partial charge in [-0.25, -0.2) is 0 Å². The maximum Gasteiger partial charge on any atom is 0.219 e. The van der Waals surface area contributed by atoms with E-state index in [1.165, 1.54) is 16.7 Å². The number of carbonyl (C=O) groups is 1. The van der Waals surface area contributed by atoms with Crippen LogP contribution in [-0.4, -0.2) is 47.6 Å². The summed E-state index contributed by atoms with van der Waals surface area (Å²) in [7, 11) is 0. The highest BCUT2D eigenvalue weighted by Crippen LogP contribution is 2.46. The third-order valence-electron chi connectivity index (χ3n) is 5.89. The van der Waals surface area contributed by atoms with Crippen LogP contribution in [-0.2, 0) is 11.2 Å². The number of nitrogens with one attached hydrogen (secondary N) is 1. The number of benzene rings is 1. The normalized spacial score (nSPS) is 18.7. The van der Waals surface area contributed by atoms with Crippen molar-refractivity contribution in [2.24, 2.45) is 0 Å². The van der Waals surface area contributed by atoms with Crippen LogP contribution in [0.4, 0.5) is 5.69 Å². The average molecular weight is 617 g/mol. The van der Waals surface area contributed by atoms with Crippen LogP contribution >= 0.6 is 43.6 Å². The Bertz CT molecular complexity index is 963. The summed E-state index contributed by atoms with van der Waals surface area (Å²) in [5, 5.41) is 13.9. The first kappa shape index (κ1) is 30.7. The monoisotopic (exact) mass is 615 g/mol. The maximum absolute atomic E-state index is 11.8. The van der Waals surface area contributed by atoms with Gasteiger partial charge in [-0.2, -0.15) is 11.8 Å². The van der Waals surface area contributed by atoms with Gasteiger partial charge in [0, 0.05) is 30.7 Å². The van der Waals surface area contributed by atoms with E-state index in [-0.39, 0.29) is 25.1 Å². The van der Waals surface area contributed by atoms with E-state index in [0.717, 1.165) is 54.4 Å². The number of amides is 1. The molecule has 5 nitrogen and oxygen atoms in total. The number of aromatic hydroxyl groups is 1. The molecule has 1 aromatic rings. The van der Waals surface area contributed by atoms with E-state index in [1.807, 2.05) is 43.5 Å². The first-order chi connectivity index (χ1) is 15.8. The smallest absolute Gasteiger partial charge is 0.219 e. The lowest BCUT2D eigenvalue weighted by molar-refractivity contribution is -0.129. The van der Waals surface area contributed by atoms with Crippen LogP contribution in [0.1, 0.15) is 58.6 Å². The second-order valence-electron chi connectivity index (χ2n) is 7.93. The molecular weight excluding hydrogens is 578 g/mol. The summed E-state index contributed by atoms with van der Waals surface area (Å²) in [6, 6.07) is 1.99. The number of halogens is 2. The number of nitrogen functional groups attached to an aromatic ring is 1. The number of phenolic OH excluding ortho intramolecular Hbond substituents is 1. The van der Waals surface area contributed by atoms with E-state index >= 15 is 0 Å². The molecule has 3 aliphatic rings. The Hall–Kier alpha value is -1.38. The number of thioether (sulfide) groups is 1. The minimum Gasteiger partial charge on any atom is -0.505 e. The lowest BCUT2D eigenvalue weighted by Gasteiger charge is -2.33. The lowest BCUT2D eigenvalue weighted by Crippen LogP contribution is -2.36. The summed E-state index contributed by atoms with van der Waals surface area (Å²) in [4.78, 5) is 13.7. The van der Waals surface area contributed by atoms with Gasteiger partial charge in [0.15, 0.2) is 5.75 Å². The van der Waals surface area contributed by atoms with Gasteiger partial charge in [-0.05, 0) is 104 Å². The molecule has 1 aliphatic carbocycles. The van der Waals surface area contributed by atoms with Gasteiger partial charge in [0.2, 0.25) is 5.91 Å². The van der Waals surface area contributed by atoms with Gasteiger partial charge in [0.25, 0.3) is 0 Å². The fraction of sp³-hybridized carbons (Fsp3) is 0.500. The number of allylic oxidation sites excluding steroid dienone is 2. The van der Waals surface area contributed by atoms with Crippen LogP contribution in [0.3, 0.4) is 0 Å². The molecule has 0 saturated carbocycles. The topological polar surface area (TPSA) is 78.6 Å². The van der Waals surface area contributed by atoms with E-state index in [0.29, 0.717) is 10.2 Å². The third-order valence-corrected chi connectivity index (χ3v) is 7.20. The molecule has 1 fully saturated rings. The minimum atomic E-state index is 0. The Balaban J connectivity index is 0.000000895. The molecule has 1 aromatic carbocycles. The van der Waals surface area contributed by atoms with Crippen LogP contribution in [0, 0.1) is 0 Å². The first-order valence-electron chi connectivity index (χ1n) is 11.3. The molecule has 2 heterocycles. The van der Waals surface area contributed by atoms with E-state index in [2.05, 4.69) is 43.3 Å². The average Bonchev–Trinajstić information content (AvgIpc) is 2.96. The molecule has 190 valence electrons. The molecular formula is C26H39Br2N3O2S. The zero-order chi connectivity index (χ0) is 24.7. The Morgan fingerprint density at radius 1 is 1.18 bits per heavy atom. The number of fused-ring (bicyclic) bond motifs is 2. The van der Waals surface area contributed by atoms with Gasteiger partial charge in [-0.15, -0.1) is 0 Å². The fourth-order valence-corrected chi connectivity index (χ4v) is 5.49. The van der Waals surface area contributed by atoms with Crippen molar-refractivity contribution in [1.82, 2.24) is 10.2 Å². The van der Waals surface area contributed by atoms with Gasteiger partial charge < -0.3 is 21.1 Å². The van der Waals surface area contributed by atoms with Gasteiger partial charge in [-0.1, -0.05) is 26.8 Å². The number of likely N-dealkylation sites (tertiary alicyclic amines) is 1. The van der Waals surface area contributed by atoms with Crippen LogP contribution in [0.25, 0.3) is 5.57 Å². The summed E-state index contributed by atoms with van der Waals surface area (Å²) in [6.45, 7) is 7.11. The Morgan fingerprint density at radius 3 is 2.32 bits per heavy atom. The highest BCUT2D eigenvalue weighted by atomic mass is 79.9. The summed E-state index contributed by atoms with van der Waals surface area (Å²) >= 11 is 8.91. The van der Waals surface area contributed by atoms with E-state index in [4.69, 9.17) is 5.73 Å². The molecule has 4 N–H and O–H groups in total. The van der Waals surface area contributed by atoms with Crippen molar-refractivity contribution in [2.75, 3.05) is 31.3 Å². The van der Waals surface area contributed by atoms with Crippen molar-refractivity contribution < 1.29 is 9.90 Å². The van der Waals surface area contributed by atoms with Crippen LogP contribution in [0.15, 0.2) is 38.4 Å². The molecule has 0 aromatic heterocycles. The minimum absolute atomic E-state index is 0.